The molecule has 3 heteroatoms. The number of benzene rings is 3. The molecule has 0 amide bonds. The van der Waals surface area contributed by atoms with Crippen LogP contribution in [0.15, 0.2) is 72.8 Å². The largest absolute Gasteiger partial charge is 0.496 e. The fourth-order valence-electron chi connectivity index (χ4n) is 2.73. The second-order valence-electron chi connectivity index (χ2n) is 5.69. The van der Waals surface area contributed by atoms with Crippen LogP contribution in [0.25, 0.3) is 32.9 Å². The van der Waals surface area contributed by atoms with Crippen LogP contribution in [0, 0.1) is 0 Å². The molecule has 0 aliphatic rings. The van der Waals surface area contributed by atoms with Gasteiger partial charge in [-0.1, -0.05) is 66.7 Å². The Morgan fingerprint density at radius 1 is 0.880 bits per heavy atom. The van der Waals surface area contributed by atoms with Gasteiger partial charge in [0.25, 0.3) is 0 Å². The molecule has 4 rings (SSSR count). The average Bonchev–Trinajstić information content (AvgIpc) is 3.11. The fraction of sp³-hybridized carbons (Fsp3) is 0.0455. The molecule has 0 aliphatic carbocycles. The SMILES string of the molecule is COc1cc(-c2nc3ccccc3s2)ccc1C=Cc1ccccc1. The van der Waals surface area contributed by atoms with Crippen molar-refractivity contribution in [1.82, 2.24) is 4.98 Å². The Labute approximate surface area is 151 Å². The Morgan fingerprint density at radius 2 is 1.68 bits per heavy atom. The molecule has 1 heterocycles. The predicted molar refractivity (Wildman–Crippen MR) is 107 cm³/mol. The second-order valence-corrected chi connectivity index (χ2v) is 6.72. The van der Waals surface area contributed by atoms with Crippen LogP contribution in [-0.4, -0.2) is 12.1 Å². The van der Waals surface area contributed by atoms with E-state index >= 15 is 0 Å². The highest BCUT2D eigenvalue weighted by atomic mass is 32.1. The third kappa shape index (κ3) is 3.32. The summed E-state index contributed by atoms with van der Waals surface area (Å²) in [5.41, 5.74) is 4.33. The lowest BCUT2D eigenvalue weighted by Crippen LogP contribution is -1.88. The lowest BCUT2D eigenvalue weighted by atomic mass is 10.1. The lowest BCUT2D eigenvalue weighted by molar-refractivity contribution is 0.414. The van der Waals surface area contributed by atoms with Crippen LogP contribution in [-0.2, 0) is 0 Å². The molecule has 0 saturated heterocycles. The first-order valence-electron chi connectivity index (χ1n) is 8.10. The van der Waals surface area contributed by atoms with Crippen LogP contribution in [0.1, 0.15) is 11.1 Å². The van der Waals surface area contributed by atoms with Crippen LogP contribution in [0.5, 0.6) is 5.75 Å². The smallest absolute Gasteiger partial charge is 0.126 e. The zero-order valence-electron chi connectivity index (χ0n) is 13.8. The number of para-hydroxylation sites is 1. The van der Waals surface area contributed by atoms with E-state index < -0.39 is 0 Å². The number of fused-ring (bicyclic) bond motifs is 1. The molecule has 0 saturated carbocycles. The topological polar surface area (TPSA) is 22.1 Å². The number of methoxy groups -OCH3 is 1. The van der Waals surface area contributed by atoms with Gasteiger partial charge in [-0.3, -0.25) is 0 Å². The summed E-state index contributed by atoms with van der Waals surface area (Å²) in [6.45, 7) is 0. The number of thiazole rings is 1. The van der Waals surface area contributed by atoms with Crippen LogP contribution in [0.4, 0.5) is 0 Å². The van der Waals surface area contributed by atoms with Crippen molar-refractivity contribution in [3.8, 4) is 16.3 Å². The van der Waals surface area contributed by atoms with Crippen molar-refractivity contribution in [3.05, 3.63) is 83.9 Å². The van der Waals surface area contributed by atoms with Gasteiger partial charge in [-0.15, -0.1) is 11.3 Å². The molecular weight excluding hydrogens is 326 g/mol. The van der Waals surface area contributed by atoms with Crippen LogP contribution >= 0.6 is 11.3 Å². The first-order valence-corrected chi connectivity index (χ1v) is 8.92. The van der Waals surface area contributed by atoms with E-state index in [4.69, 9.17) is 9.72 Å². The van der Waals surface area contributed by atoms with Crippen molar-refractivity contribution < 1.29 is 4.74 Å². The Hall–Kier alpha value is -2.91. The molecule has 0 fully saturated rings. The van der Waals surface area contributed by atoms with Crippen LogP contribution in [0.2, 0.25) is 0 Å². The van der Waals surface area contributed by atoms with Crippen molar-refractivity contribution in [2.75, 3.05) is 7.11 Å². The van der Waals surface area contributed by atoms with Gasteiger partial charge in [0, 0.05) is 11.1 Å². The lowest BCUT2D eigenvalue weighted by Gasteiger charge is -2.07. The summed E-state index contributed by atoms with van der Waals surface area (Å²) in [6.07, 6.45) is 4.17. The molecule has 2 nitrogen and oxygen atoms in total. The third-order valence-corrected chi connectivity index (χ3v) is 5.11. The Bertz CT molecular complexity index is 1000. The zero-order chi connectivity index (χ0) is 17.1. The molecule has 0 radical (unpaired) electrons. The highest BCUT2D eigenvalue weighted by molar-refractivity contribution is 7.21. The molecule has 0 atom stereocenters. The molecule has 0 aliphatic heterocycles. The van der Waals surface area contributed by atoms with E-state index in [0.29, 0.717) is 0 Å². The van der Waals surface area contributed by atoms with Gasteiger partial charge in [0.2, 0.25) is 0 Å². The van der Waals surface area contributed by atoms with Crippen LogP contribution < -0.4 is 4.74 Å². The first kappa shape index (κ1) is 15.6. The van der Waals surface area contributed by atoms with E-state index in [1.54, 1.807) is 18.4 Å². The number of nitrogens with zero attached hydrogens (tertiary/aromatic N) is 1. The van der Waals surface area contributed by atoms with Gasteiger partial charge in [-0.25, -0.2) is 4.98 Å². The molecule has 0 spiro atoms. The van der Waals surface area contributed by atoms with Crippen molar-refractivity contribution in [2.24, 2.45) is 0 Å². The Morgan fingerprint density at radius 3 is 2.48 bits per heavy atom. The zero-order valence-corrected chi connectivity index (χ0v) is 14.7. The summed E-state index contributed by atoms with van der Waals surface area (Å²) in [5.74, 6) is 0.851. The van der Waals surface area contributed by atoms with Crippen molar-refractivity contribution >= 4 is 33.7 Å². The van der Waals surface area contributed by atoms with E-state index in [-0.39, 0.29) is 0 Å². The highest BCUT2D eigenvalue weighted by Gasteiger charge is 2.09. The highest BCUT2D eigenvalue weighted by Crippen LogP contribution is 2.33. The summed E-state index contributed by atoms with van der Waals surface area (Å²) < 4.78 is 6.79. The normalized spacial score (nSPS) is 11.2. The minimum Gasteiger partial charge on any atom is -0.496 e. The molecule has 0 bridgehead atoms. The Kier molecular flexibility index (Phi) is 4.32. The molecular formula is C22H17NOS. The second kappa shape index (κ2) is 6.91. The van der Waals surface area contributed by atoms with Gasteiger partial charge < -0.3 is 4.74 Å². The molecule has 4 aromatic rings. The van der Waals surface area contributed by atoms with Gasteiger partial charge in [0.1, 0.15) is 10.8 Å². The van der Waals surface area contributed by atoms with E-state index in [0.717, 1.165) is 27.4 Å². The van der Waals surface area contributed by atoms with Crippen LogP contribution in [0.3, 0.4) is 0 Å². The van der Waals surface area contributed by atoms with E-state index in [9.17, 15) is 0 Å². The molecule has 1 aromatic heterocycles. The predicted octanol–water partition coefficient (Wildman–Crippen LogP) is 6.14. The summed E-state index contributed by atoms with van der Waals surface area (Å²) in [6, 6.07) is 24.7. The van der Waals surface area contributed by atoms with Crippen molar-refractivity contribution in [2.45, 2.75) is 0 Å². The quantitative estimate of drug-likeness (QED) is 0.415. The monoisotopic (exact) mass is 343 g/mol. The van der Waals surface area contributed by atoms with Gasteiger partial charge in [0.05, 0.1) is 17.3 Å². The number of aromatic nitrogens is 1. The van der Waals surface area contributed by atoms with E-state index in [1.165, 1.54) is 10.3 Å². The standard InChI is InChI=1S/C22H17NOS/c1-24-20-15-18(22-23-19-9-5-6-10-21(19)25-22)14-13-17(20)12-11-16-7-3-2-4-8-16/h2-15H,1H3. The molecule has 0 unspecified atom stereocenters. The first-order chi connectivity index (χ1) is 12.3. The fourth-order valence-corrected chi connectivity index (χ4v) is 3.69. The Balaban J connectivity index is 1.68. The third-order valence-electron chi connectivity index (χ3n) is 4.03. The van der Waals surface area contributed by atoms with E-state index in [2.05, 4.69) is 48.6 Å². The number of hydrogen-bond donors (Lipinski definition) is 0. The van der Waals surface area contributed by atoms with Gasteiger partial charge in [0.15, 0.2) is 0 Å². The number of ether oxygens (including phenoxy) is 1. The van der Waals surface area contributed by atoms with Gasteiger partial charge >= 0.3 is 0 Å². The summed E-state index contributed by atoms with van der Waals surface area (Å²) >= 11 is 1.70. The van der Waals surface area contributed by atoms with E-state index in [1.807, 2.05) is 36.4 Å². The van der Waals surface area contributed by atoms with Gasteiger partial charge in [-0.05, 0) is 23.8 Å². The number of rotatable bonds is 4. The molecule has 122 valence electrons. The molecule has 0 N–H and O–H groups in total. The van der Waals surface area contributed by atoms with Crippen molar-refractivity contribution in [3.63, 3.8) is 0 Å². The minimum atomic E-state index is 0.851. The maximum Gasteiger partial charge on any atom is 0.126 e. The summed E-state index contributed by atoms with van der Waals surface area (Å²) in [5, 5.41) is 1.01. The maximum absolute atomic E-state index is 5.60. The van der Waals surface area contributed by atoms with Crippen molar-refractivity contribution in [1.29, 1.82) is 0 Å². The molecule has 25 heavy (non-hydrogen) atoms. The van der Waals surface area contributed by atoms with Gasteiger partial charge in [-0.2, -0.15) is 0 Å². The minimum absolute atomic E-state index is 0.851. The number of hydrogen-bond acceptors (Lipinski definition) is 3. The maximum atomic E-state index is 5.60. The summed E-state index contributed by atoms with van der Waals surface area (Å²) in [7, 11) is 1.71. The average molecular weight is 343 g/mol. The molecule has 3 aromatic carbocycles. The summed E-state index contributed by atoms with van der Waals surface area (Å²) in [4.78, 5) is 4.73.